The predicted molar refractivity (Wildman–Crippen MR) is 98.1 cm³/mol. The fourth-order valence-electron chi connectivity index (χ4n) is 2.94. The van der Waals surface area contributed by atoms with Gasteiger partial charge in [0.1, 0.15) is 18.0 Å². The summed E-state index contributed by atoms with van der Waals surface area (Å²) in [5.74, 6) is -2.46. The van der Waals surface area contributed by atoms with E-state index in [1.54, 1.807) is 24.5 Å². The molecule has 0 aliphatic carbocycles. The lowest BCUT2D eigenvalue weighted by Crippen LogP contribution is -2.47. The molecule has 0 spiro atoms. The van der Waals surface area contributed by atoms with Crippen molar-refractivity contribution >= 4 is 23.3 Å². The van der Waals surface area contributed by atoms with Crippen molar-refractivity contribution in [1.29, 1.82) is 0 Å². The van der Waals surface area contributed by atoms with Gasteiger partial charge in [-0.05, 0) is 18.2 Å². The van der Waals surface area contributed by atoms with Crippen LogP contribution in [0, 0.1) is 17.5 Å². The minimum atomic E-state index is -1.53. The Labute approximate surface area is 158 Å². The third kappa shape index (κ3) is 3.66. The minimum absolute atomic E-state index is 0.199. The highest BCUT2D eigenvalue weighted by molar-refractivity contribution is 5.60. The molecule has 0 radical (unpaired) electrons. The quantitative estimate of drug-likeness (QED) is 0.691. The van der Waals surface area contributed by atoms with Crippen molar-refractivity contribution in [2.75, 3.05) is 41.3 Å². The maximum absolute atomic E-state index is 13.9. The SMILES string of the molecule is Fc1ccc(Nc2cc(N3CCN(c4ncccn4)CC3)ncn2)c(F)c1F. The Morgan fingerprint density at radius 3 is 2.29 bits per heavy atom. The first-order valence-corrected chi connectivity index (χ1v) is 8.61. The van der Waals surface area contributed by atoms with Gasteiger partial charge in [0.2, 0.25) is 5.95 Å². The normalized spacial score (nSPS) is 14.2. The van der Waals surface area contributed by atoms with Crippen LogP contribution in [0.25, 0.3) is 0 Å². The molecule has 0 bridgehead atoms. The summed E-state index contributed by atoms with van der Waals surface area (Å²) >= 11 is 0. The molecular formula is C18H16F3N7. The second-order valence-electron chi connectivity index (χ2n) is 6.13. The highest BCUT2D eigenvalue weighted by Gasteiger charge is 2.20. The van der Waals surface area contributed by atoms with E-state index < -0.39 is 17.5 Å². The lowest BCUT2D eigenvalue weighted by molar-refractivity contribution is 0.449. The third-order valence-electron chi connectivity index (χ3n) is 4.39. The molecule has 3 aromatic rings. The predicted octanol–water partition coefficient (Wildman–Crippen LogP) is 2.75. The molecule has 1 saturated heterocycles. The standard InChI is InChI=1S/C18H16F3N7/c19-12-2-3-13(17(21)16(12)20)26-14-10-15(25-11-24-14)27-6-8-28(9-7-27)18-22-4-1-5-23-18/h1-5,10-11H,6-9H2,(H,24,25,26). The number of benzene rings is 1. The summed E-state index contributed by atoms with van der Waals surface area (Å²) in [6.07, 6.45) is 4.74. The molecule has 0 unspecified atom stereocenters. The molecule has 1 aliphatic rings. The van der Waals surface area contributed by atoms with Gasteiger partial charge in [0.05, 0.1) is 5.69 Å². The van der Waals surface area contributed by atoms with Crippen LogP contribution in [0.2, 0.25) is 0 Å². The van der Waals surface area contributed by atoms with Gasteiger partial charge in [-0.15, -0.1) is 0 Å². The summed E-state index contributed by atoms with van der Waals surface area (Å²) in [7, 11) is 0. The monoisotopic (exact) mass is 387 g/mol. The molecule has 3 heterocycles. The smallest absolute Gasteiger partial charge is 0.225 e. The lowest BCUT2D eigenvalue weighted by atomic mass is 10.2. The van der Waals surface area contributed by atoms with Crippen LogP contribution in [0.15, 0.2) is 43.0 Å². The van der Waals surface area contributed by atoms with Gasteiger partial charge in [0, 0.05) is 44.6 Å². The van der Waals surface area contributed by atoms with Gasteiger partial charge in [-0.1, -0.05) is 0 Å². The van der Waals surface area contributed by atoms with Gasteiger partial charge in [-0.25, -0.2) is 33.1 Å². The molecule has 0 saturated carbocycles. The number of nitrogens with one attached hydrogen (secondary N) is 1. The lowest BCUT2D eigenvalue weighted by Gasteiger charge is -2.35. The topological polar surface area (TPSA) is 70.1 Å². The molecule has 10 heteroatoms. The van der Waals surface area contributed by atoms with E-state index >= 15 is 0 Å². The molecule has 1 N–H and O–H groups in total. The Bertz CT molecular complexity index is 963. The zero-order valence-electron chi connectivity index (χ0n) is 14.7. The van der Waals surface area contributed by atoms with Gasteiger partial charge in [-0.2, -0.15) is 0 Å². The van der Waals surface area contributed by atoms with Gasteiger partial charge in [0.25, 0.3) is 0 Å². The van der Waals surface area contributed by atoms with E-state index in [1.165, 1.54) is 6.33 Å². The van der Waals surface area contributed by atoms with E-state index in [0.29, 0.717) is 37.9 Å². The minimum Gasteiger partial charge on any atom is -0.353 e. The Morgan fingerprint density at radius 2 is 1.54 bits per heavy atom. The van der Waals surface area contributed by atoms with E-state index in [1.807, 2.05) is 4.90 Å². The van der Waals surface area contributed by atoms with Crippen molar-refractivity contribution in [3.8, 4) is 0 Å². The average molecular weight is 387 g/mol. The van der Waals surface area contributed by atoms with Crippen LogP contribution in [0.5, 0.6) is 0 Å². The Balaban J connectivity index is 1.45. The van der Waals surface area contributed by atoms with E-state index in [9.17, 15) is 13.2 Å². The van der Waals surface area contributed by atoms with E-state index in [2.05, 4.69) is 30.2 Å². The molecule has 1 aromatic carbocycles. The third-order valence-corrected chi connectivity index (χ3v) is 4.39. The number of hydrogen-bond donors (Lipinski definition) is 1. The number of halogens is 3. The number of anilines is 4. The van der Waals surface area contributed by atoms with Gasteiger partial charge < -0.3 is 15.1 Å². The summed E-state index contributed by atoms with van der Waals surface area (Å²) in [5.41, 5.74) is -0.199. The number of hydrogen-bond acceptors (Lipinski definition) is 7. The van der Waals surface area contributed by atoms with Crippen LogP contribution < -0.4 is 15.1 Å². The second-order valence-corrected chi connectivity index (χ2v) is 6.13. The van der Waals surface area contributed by atoms with Crippen LogP contribution in [0.4, 0.5) is 36.4 Å². The van der Waals surface area contributed by atoms with Crippen molar-refractivity contribution in [2.45, 2.75) is 0 Å². The number of aromatic nitrogens is 4. The fourth-order valence-corrected chi connectivity index (χ4v) is 2.94. The van der Waals surface area contributed by atoms with E-state index in [4.69, 9.17) is 0 Å². The first-order chi connectivity index (χ1) is 13.6. The maximum Gasteiger partial charge on any atom is 0.225 e. The van der Waals surface area contributed by atoms with Crippen molar-refractivity contribution in [2.24, 2.45) is 0 Å². The van der Waals surface area contributed by atoms with E-state index in [0.717, 1.165) is 12.1 Å². The highest BCUT2D eigenvalue weighted by atomic mass is 19.2. The van der Waals surface area contributed by atoms with Crippen molar-refractivity contribution in [1.82, 2.24) is 19.9 Å². The fraction of sp³-hybridized carbons (Fsp3) is 0.222. The molecule has 28 heavy (non-hydrogen) atoms. The zero-order chi connectivity index (χ0) is 19.5. The number of nitrogens with zero attached hydrogens (tertiary/aromatic N) is 6. The average Bonchev–Trinajstić information content (AvgIpc) is 2.75. The number of rotatable bonds is 4. The Kier molecular flexibility index (Phi) is 4.92. The van der Waals surface area contributed by atoms with Crippen LogP contribution in [-0.4, -0.2) is 46.1 Å². The molecule has 2 aromatic heterocycles. The molecule has 1 aliphatic heterocycles. The Morgan fingerprint density at radius 1 is 0.821 bits per heavy atom. The number of piperazine rings is 1. The largest absolute Gasteiger partial charge is 0.353 e. The van der Waals surface area contributed by atoms with Crippen molar-refractivity contribution in [3.05, 3.63) is 60.4 Å². The summed E-state index contributed by atoms with van der Waals surface area (Å²) in [5, 5.41) is 2.66. The van der Waals surface area contributed by atoms with Crippen LogP contribution >= 0.6 is 0 Å². The molecule has 144 valence electrons. The van der Waals surface area contributed by atoms with Crippen LogP contribution in [0.1, 0.15) is 0 Å². The molecule has 0 amide bonds. The summed E-state index contributed by atoms with van der Waals surface area (Å²) in [6, 6.07) is 5.38. The van der Waals surface area contributed by atoms with E-state index in [-0.39, 0.29) is 11.5 Å². The summed E-state index contributed by atoms with van der Waals surface area (Å²) in [6.45, 7) is 2.81. The Hall–Kier alpha value is -3.43. The molecule has 0 atom stereocenters. The molecule has 1 fully saturated rings. The van der Waals surface area contributed by atoms with Crippen LogP contribution in [0.3, 0.4) is 0 Å². The zero-order valence-corrected chi connectivity index (χ0v) is 14.7. The molecular weight excluding hydrogens is 371 g/mol. The first-order valence-electron chi connectivity index (χ1n) is 8.61. The molecule has 7 nitrogen and oxygen atoms in total. The summed E-state index contributed by atoms with van der Waals surface area (Å²) in [4.78, 5) is 20.9. The summed E-state index contributed by atoms with van der Waals surface area (Å²) < 4.78 is 40.3. The van der Waals surface area contributed by atoms with Gasteiger partial charge in [0.15, 0.2) is 17.5 Å². The molecule has 4 rings (SSSR count). The van der Waals surface area contributed by atoms with Crippen molar-refractivity contribution < 1.29 is 13.2 Å². The van der Waals surface area contributed by atoms with Gasteiger partial charge >= 0.3 is 0 Å². The maximum atomic E-state index is 13.9. The van der Waals surface area contributed by atoms with Crippen LogP contribution in [-0.2, 0) is 0 Å². The second kappa shape index (κ2) is 7.67. The highest BCUT2D eigenvalue weighted by Crippen LogP contribution is 2.24. The van der Waals surface area contributed by atoms with Crippen molar-refractivity contribution in [3.63, 3.8) is 0 Å². The first kappa shape index (κ1) is 18.0. The van der Waals surface area contributed by atoms with Gasteiger partial charge in [-0.3, -0.25) is 0 Å².